The molecule has 0 aliphatic heterocycles. The standard InChI is InChI=1S/C8H14O4/c1-6(2)3-8(11)12-5-7(10)4-9/h3,7,9-10H,4-5H2,1-2H3. The van der Waals surface area contributed by atoms with Crippen molar-refractivity contribution in [2.75, 3.05) is 13.2 Å². The van der Waals surface area contributed by atoms with Crippen LogP contribution in [0, 0.1) is 0 Å². The molecule has 4 heteroatoms. The van der Waals surface area contributed by atoms with E-state index < -0.39 is 18.7 Å². The highest BCUT2D eigenvalue weighted by Crippen LogP contribution is 1.92. The van der Waals surface area contributed by atoms with Crippen molar-refractivity contribution in [2.24, 2.45) is 0 Å². The topological polar surface area (TPSA) is 66.8 Å². The van der Waals surface area contributed by atoms with E-state index in [0.717, 1.165) is 5.57 Å². The molecular weight excluding hydrogens is 160 g/mol. The lowest BCUT2D eigenvalue weighted by Crippen LogP contribution is -2.21. The number of hydrogen-bond acceptors (Lipinski definition) is 4. The van der Waals surface area contributed by atoms with Crippen LogP contribution >= 0.6 is 0 Å². The van der Waals surface area contributed by atoms with Crippen molar-refractivity contribution in [3.05, 3.63) is 11.6 Å². The quantitative estimate of drug-likeness (QED) is 0.459. The van der Waals surface area contributed by atoms with Crippen LogP contribution in [0.1, 0.15) is 13.8 Å². The predicted molar refractivity (Wildman–Crippen MR) is 43.5 cm³/mol. The van der Waals surface area contributed by atoms with Crippen LogP contribution in [-0.4, -0.2) is 35.5 Å². The minimum absolute atomic E-state index is 0.168. The number of rotatable bonds is 4. The summed E-state index contributed by atoms with van der Waals surface area (Å²) in [7, 11) is 0. The average molecular weight is 174 g/mol. The Bertz CT molecular complexity index is 170. The summed E-state index contributed by atoms with van der Waals surface area (Å²) in [5, 5.41) is 17.2. The van der Waals surface area contributed by atoms with Gasteiger partial charge in [-0.05, 0) is 13.8 Å². The first-order chi connectivity index (χ1) is 5.56. The predicted octanol–water partition coefficient (Wildman–Crippen LogP) is -0.151. The molecule has 0 rings (SSSR count). The number of carbonyl (C=O) groups excluding carboxylic acids is 1. The molecule has 12 heavy (non-hydrogen) atoms. The molecule has 0 saturated heterocycles. The van der Waals surface area contributed by atoms with E-state index >= 15 is 0 Å². The molecule has 0 bridgehead atoms. The normalized spacial score (nSPS) is 12.0. The second-order valence-corrected chi connectivity index (χ2v) is 2.69. The fourth-order valence-corrected chi connectivity index (χ4v) is 0.508. The molecule has 0 fully saturated rings. The smallest absolute Gasteiger partial charge is 0.330 e. The monoisotopic (exact) mass is 174 g/mol. The Kier molecular flexibility index (Phi) is 5.32. The zero-order valence-corrected chi connectivity index (χ0v) is 7.28. The highest BCUT2D eigenvalue weighted by Gasteiger charge is 2.04. The maximum Gasteiger partial charge on any atom is 0.330 e. The van der Waals surface area contributed by atoms with Gasteiger partial charge in [0.05, 0.1) is 6.61 Å². The molecule has 4 nitrogen and oxygen atoms in total. The SMILES string of the molecule is CC(C)=CC(=O)OCC(O)CO. The first kappa shape index (κ1) is 11.1. The van der Waals surface area contributed by atoms with Gasteiger partial charge in [-0.15, -0.1) is 0 Å². The van der Waals surface area contributed by atoms with Gasteiger partial charge in [-0.3, -0.25) is 0 Å². The molecule has 0 heterocycles. The van der Waals surface area contributed by atoms with Crippen LogP contribution in [0.2, 0.25) is 0 Å². The third-order valence-corrected chi connectivity index (χ3v) is 1.04. The number of allylic oxidation sites excluding steroid dienone is 1. The first-order valence-electron chi connectivity index (χ1n) is 3.67. The van der Waals surface area contributed by atoms with E-state index in [9.17, 15) is 4.79 Å². The molecule has 0 radical (unpaired) electrons. The largest absolute Gasteiger partial charge is 0.460 e. The van der Waals surface area contributed by atoms with Crippen LogP contribution in [0.15, 0.2) is 11.6 Å². The molecule has 2 N–H and O–H groups in total. The summed E-state index contributed by atoms with van der Waals surface area (Å²) in [6.07, 6.45) is 0.337. The summed E-state index contributed by atoms with van der Waals surface area (Å²) in [6, 6.07) is 0. The van der Waals surface area contributed by atoms with Crippen LogP contribution in [0.4, 0.5) is 0 Å². The van der Waals surface area contributed by atoms with Crippen LogP contribution in [0.3, 0.4) is 0 Å². The van der Waals surface area contributed by atoms with E-state index in [0.29, 0.717) is 0 Å². The fourth-order valence-electron chi connectivity index (χ4n) is 0.508. The van der Waals surface area contributed by atoms with E-state index in [1.165, 1.54) is 6.08 Å². The molecule has 0 aliphatic rings. The maximum absolute atomic E-state index is 10.8. The van der Waals surface area contributed by atoms with E-state index in [1.807, 2.05) is 0 Å². The van der Waals surface area contributed by atoms with Crippen LogP contribution in [0.25, 0.3) is 0 Å². The summed E-state index contributed by atoms with van der Waals surface area (Å²) >= 11 is 0. The maximum atomic E-state index is 10.8. The molecule has 0 aromatic heterocycles. The molecule has 0 aliphatic carbocycles. The Balaban J connectivity index is 3.65. The van der Waals surface area contributed by atoms with Gasteiger partial charge >= 0.3 is 5.97 Å². The molecule has 0 amide bonds. The van der Waals surface area contributed by atoms with Gasteiger partial charge < -0.3 is 14.9 Å². The molecule has 1 unspecified atom stereocenters. The Morgan fingerprint density at radius 2 is 2.17 bits per heavy atom. The van der Waals surface area contributed by atoms with Gasteiger partial charge in [0.15, 0.2) is 0 Å². The Labute approximate surface area is 71.5 Å². The van der Waals surface area contributed by atoms with Crippen LogP contribution in [-0.2, 0) is 9.53 Å². The third-order valence-electron chi connectivity index (χ3n) is 1.04. The van der Waals surface area contributed by atoms with E-state index in [2.05, 4.69) is 4.74 Å². The van der Waals surface area contributed by atoms with Gasteiger partial charge in [0, 0.05) is 6.08 Å². The van der Waals surface area contributed by atoms with Crippen LogP contribution in [0.5, 0.6) is 0 Å². The lowest BCUT2D eigenvalue weighted by atomic mass is 10.3. The number of ether oxygens (including phenoxy) is 1. The lowest BCUT2D eigenvalue weighted by Gasteiger charge is -2.06. The van der Waals surface area contributed by atoms with Crippen molar-refractivity contribution in [3.63, 3.8) is 0 Å². The van der Waals surface area contributed by atoms with Crippen molar-refractivity contribution in [1.82, 2.24) is 0 Å². The number of aliphatic hydroxyl groups is 2. The second kappa shape index (κ2) is 5.74. The molecule has 0 aromatic carbocycles. The second-order valence-electron chi connectivity index (χ2n) is 2.69. The minimum Gasteiger partial charge on any atom is -0.460 e. The molecule has 0 aromatic rings. The lowest BCUT2D eigenvalue weighted by molar-refractivity contribution is -0.141. The summed E-state index contributed by atoms with van der Waals surface area (Å²) < 4.78 is 4.58. The first-order valence-corrected chi connectivity index (χ1v) is 3.67. The minimum atomic E-state index is -0.987. The van der Waals surface area contributed by atoms with Crippen molar-refractivity contribution < 1.29 is 19.7 Å². The summed E-state index contributed by atoms with van der Waals surface area (Å²) in [5.74, 6) is -0.498. The van der Waals surface area contributed by atoms with Gasteiger partial charge in [-0.1, -0.05) is 5.57 Å². The Hall–Kier alpha value is -0.870. The molecule has 0 spiro atoms. The third kappa shape index (κ3) is 5.88. The zero-order chi connectivity index (χ0) is 9.56. The number of hydrogen-bond donors (Lipinski definition) is 2. The van der Waals surface area contributed by atoms with Crippen LogP contribution < -0.4 is 0 Å². The number of aliphatic hydroxyl groups excluding tert-OH is 2. The molecule has 70 valence electrons. The Morgan fingerprint density at radius 1 is 1.58 bits per heavy atom. The molecule has 0 saturated carbocycles. The average Bonchev–Trinajstić information content (AvgIpc) is 1.99. The van der Waals surface area contributed by atoms with Crippen molar-refractivity contribution in [2.45, 2.75) is 20.0 Å². The highest BCUT2D eigenvalue weighted by molar-refractivity contribution is 5.82. The van der Waals surface area contributed by atoms with Gasteiger partial charge in [0.25, 0.3) is 0 Å². The number of esters is 1. The van der Waals surface area contributed by atoms with Crippen molar-refractivity contribution in [1.29, 1.82) is 0 Å². The van der Waals surface area contributed by atoms with Gasteiger partial charge in [0.2, 0.25) is 0 Å². The number of carbonyl (C=O) groups is 1. The van der Waals surface area contributed by atoms with Gasteiger partial charge in [-0.25, -0.2) is 4.79 Å². The van der Waals surface area contributed by atoms with Gasteiger partial charge in [-0.2, -0.15) is 0 Å². The van der Waals surface area contributed by atoms with Crippen molar-refractivity contribution >= 4 is 5.97 Å². The highest BCUT2D eigenvalue weighted by atomic mass is 16.5. The molecular formula is C8H14O4. The van der Waals surface area contributed by atoms with E-state index in [-0.39, 0.29) is 6.61 Å². The van der Waals surface area contributed by atoms with E-state index in [1.54, 1.807) is 13.8 Å². The molecule has 1 atom stereocenters. The summed E-state index contributed by atoms with van der Waals surface area (Å²) in [4.78, 5) is 10.8. The van der Waals surface area contributed by atoms with E-state index in [4.69, 9.17) is 10.2 Å². The summed E-state index contributed by atoms with van der Waals surface area (Å²) in [5.41, 5.74) is 0.832. The Morgan fingerprint density at radius 3 is 2.58 bits per heavy atom. The zero-order valence-electron chi connectivity index (χ0n) is 7.28. The van der Waals surface area contributed by atoms with Crippen molar-refractivity contribution in [3.8, 4) is 0 Å². The fraction of sp³-hybridized carbons (Fsp3) is 0.625. The van der Waals surface area contributed by atoms with Gasteiger partial charge in [0.1, 0.15) is 12.7 Å². The summed E-state index contributed by atoms with van der Waals surface area (Å²) in [6.45, 7) is 2.97.